The van der Waals surface area contributed by atoms with E-state index in [4.69, 9.17) is 4.98 Å². The van der Waals surface area contributed by atoms with Gasteiger partial charge in [-0.2, -0.15) is 26.3 Å². The third-order valence-corrected chi connectivity index (χ3v) is 11.0. The van der Waals surface area contributed by atoms with Crippen LogP contribution in [0.2, 0.25) is 0 Å². The Morgan fingerprint density at radius 1 is 0.833 bits per heavy atom. The van der Waals surface area contributed by atoms with Gasteiger partial charge in [-0.3, -0.25) is 19.6 Å². The highest BCUT2D eigenvalue weighted by Gasteiger charge is 2.61. The number of carbonyl (C=O) groups is 2. The summed E-state index contributed by atoms with van der Waals surface area (Å²) >= 11 is 0. The topological polar surface area (TPSA) is 85.8 Å². The van der Waals surface area contributed by atoms with Crippen molar-refractivity contribution in [1.82, 2.24) is 20.1 Å². The molecule has 2 fully saturated rings. The fraction of sp³-hybridized carbons (Fsp3) is 0.462. The highest BCUT2D eigenvalue weighted by atomic mass is 19.4. The number of carbonyl (C=O) groups excluding carboxylic acids is 1. The van der Waals surface area contributed by atoms with Crippen LogP contribution in [0.15, 0.2) is 66.9 Å². The Kier molecular flexibility index (Phi) is 11.0. The molecule has 2 aliphatic rings. The Hall–Kier alpha value is -4.37. The number of carboxylic acid groups (broad SMARTS) is 1. The lowest BCUT2D eigenvalue weighted by molar-refractivity contribution is -0.236. The molecule has 0 aliphatic carbocycles. The third-order valence-electron chi connectivity index (χ3n) is 11.0. The number of aliphatic carboxylic acids is 1. The van der Waals surface area contributed by atoms with E-state index in [1.807, 2.05) is 35.2 Å². The van der Waals surface area contributed by atoms with Crippen LogP contribution >= 0.6 is 0 Å². The highest BCUT2D eigenvalue weighted by molar-refractivity contribution is 6.05. The van der Waals surface area contributed by atoms with Gasteiger partial charge in [0.25, 0.3) is 5.92 Å². The summed E-state index contributed by atoms with van der Waals surface area (Å²) in [6.07, 6.45) is -10.2. The minimum atomic E-state index is -5.13. The van der Waals surface area contributed by atoms with Crippen molar-refractivity contribution in [3.63, 3.8) is 0 Å². The molecular formula is C39H40F8N4O3. The van der Waals surface area contributed by atoms with Crippen LogP contribution in [0.1, 0.15) is 43.7 Å². The number of hydrogen-bond acceptors (Lipinski definition) is 5. The Morgan fingerprint density at radius 3 is 2.11 bits per heavy atom. The largest absolute Gasteiger partial charge is 0.480 e. The predicted octanol–water partition coefficient (Wildman–Crippen LogP) is 8.24. The lowest BCUT2D eigenvalue weighted by Crippen LogP contribution is -2.59. The molecule has 6 rings (SSSR count). The quantitative estimate of drug-likeness (QED) is 0.167. The van der Waals surface area contributed by atoms with Crippen molar-refractivity contribution in [1.29, 1.82) is 0 Å². The number of rotatable bonds is 9. The van der Waals surface area contributed by atoms with E-state index in [0.717, 1.165) is 21.2 Å². The van der Waals surface area contributed by atoms with E-state index in [1.165, 1.54) is 0 Å². The molecule has 0 spiro atoms. The fourth-order valence-electron chi connectivity index (χ4n) is 7.71. The zero-order valence-corrected chi connectivity index (χ0v) is 29.4. The second-order valence-electron chi connectivity index (χ2n) is 14.5. The molecular weight excluding hydrogens is 724 g/mol. The maximum Gasteiger partial charge on any atom is 0.403 e. The van der Waals surface area contributed by atoms with Crippen molar-refractivity contribution in [3.8, 4) is 11.3 Å². The lowest BCUT2D eigenvalue weighted by Gasteiger charge is -2.42. The Morgan fingerprint density at radius 2 is 1.44 bits per heavy atom. The van der Waals surface area contributed by atoms with Gasteiger partial charge in [0.05, 0.1) is 12.2 Å². The van der Waals surface area contributed by atoms with Crippen molar-refractivity contribution in [3.05, 3.63) is 78.0 Å². The molecule has 2 saturated heterocycles. The molecule has 2 atom stereocenters. The molecule has 1 amide bonds. The predicted molar refractivity (Wildman–Crippen MR) is 187 cm³/mol. The second kappa shape index (κ2) is 15.0. The van der Waals surface area contributed by atoms with Crippen molar-refractivity contribution in [2.45, 2.75) is 69.9 Å². The summed E-state index contributed by atoms with van der Waals surface area (Å²) in [5, 5.41) is 15.1. The molecule has 54 heavy (non-hydrogen) atoms. The number of piperidine rings is 1. The number of halogens is 8. The van der Waals surface area contributed by atoms with Crippen molar-refractivity contribution >= 4 is 33.4 Å². The number of alkyl halides is 8. The number of amides is 1. The molecule has 0 radical (unpaired) electrons. The van der Waals surface area contributed by atoms with Gasteiger partial charge in [0.1, 0.15) is 11.5 Å². The first-order chi connectivity index (χ1) is 25.4. The first-order valence-electron chi connectivity index (χ1n) is 17.8. The molecule has 1 aromatic heterocycles. The maximum atomic E-state index is 14.4. The zero-order chi connectivity index (χ0) is 39.1. The summed E-state index contributed by atoms with van der Waals surface area (Å²) in [4.78, 5) is 33.4. The molecule has 0 saturated carbocycles. The Labute approximate surface area is 306 Å². The van der Waals surface area contributed by atoms with E-state index < -0.39 is 80.0 Å². The van der Waals surface area contributed by atoms with Crippen LogP contribution in [0.25, 0.3) is 32.8 Å². The summed E-state index contributed by atoms with van der Waals surface area (Å²) < 4.78 is 111. The standard InChI is InChI=1S/C39H40F8N4O3/c1-24-12-16-50(19-15-37(24,40)41)22-26-21-48-33(30-8-3-2-7-28(26)30)31-11-5-9-27-25(6-4-10-29(27)31)20-32(34(52)53)49-35(54)36(39(45,46)47)13-17-51(18-14-36)23-38(42,43)44/h2-11,21,24,32H,12-20,22-23H2,1H3,(H,49,54)(H,52,53)/t24?,32-/m0/s1. The molecule has 2 aliphatic heterocycles. The molecule has 0 bridgehead atoms. The fourth-order valence-corrected chi connectivity index (χ4v) is 7.71. The van der Waals surface area contributed by atoms with E-state index in [-0.39, 0.29) is 19.4 Å². The van der Waals surface area contributed by atoms with Crippen molar-refractivity contribution in [2.75, 3.05) is 32.7 Å². The van der Waals surface area contributed by atoms with Gasteiger partial charge in [0.2, 0.25) is 5.91 Å². The minimum Gasteiger partial charge on any atom is -0.480 e. The van der Waals surface area contributed by atoms with Crippen LogP contribution < -0.4 is 5.32 Å². The number of carboxylic acids is 1. The molecule has 4 aromatic rings. The van der Waals surface area contributed by atoms with Gasteiger partial charge in [-0.25, -0.2) is 13.6 Å². The van der Waals surface area contributed by atoms with E-state index >= 15 is 0 Å². The van der Waals surface area contributed by atoms with Gasteiger partial charge in [-0.05, 0) is 66.2 Å². The van der Waals surface area contributed by atoms with Gasteiger partial charge in [0, 0.05) is 49.0 Å². The van der Waals surface area contributed by atoms with Crippen LogP contribution in [0.4, 0.5) is 35.1 Å². The number of benzene rings is 3. The monoisotopic (exact) mass is 764 g/mol. The van der Waals surface area contributed by atoms with Crippen LogP contribution in [-0.2, 0) is 22.6 Å². The molecule has 7 nitrogen and oxygen atoms in total. The summed E-state index contributed by atoms with van der Waals surface area (Å²) in [5.74, 6) is -6.61. The smallest absolute Gasteiger partial charge is 0.403 e. The molecule has 1 unspecified atom stereocenters. The average molecular weight is 765 g/mol. The molecule has 3 aromatic carbocycles. The minimum absolute atomic E-state index is 0.227. The average Bonchev–Trinajstić information content (AvgIpc) is 3.23. The molecule has 290 valence electrons. The number of pyridine rings is 1. The van der Waals surface area contributed by atoms with E-state index in [2.05, 4.69) is 5.32 Å². The van der Waals surface area contributed by atoms with Gasteiger partial charge < -0.3 is 10.4 Å². The first kappa shape index (κ1) is 39.3. The molecule has 2 N–H and O–H groups in total. The summed E-state index contributed by atoms with van der Waals surface area (Å²) in [6, 6.07) is 16.2. The summed E-state index contributed by atoms with van der Waals surface area (Å²) in [7, 11) is 0. The maximum absolute atomic E-state index is 14.4. The number of hydrogen-bond donors (Lipinski definition) is 2. The van der Waals surface area contributed by atoms with Crippen molar-refractivity contribution < 1.29 is 49.8 Å². The van der Waals surface area contributed by atoms with E-state index in [0.29, 0.717) is 47.1 Å². The number of nitrogens with one attached hydrogen (secondary N) is 1. The number of likely N-dealkylation sites (tertiary alicyclic amines) is 2. The van der Waals surface area contributed by atoms with Crippen LogP contribution in [0.5, 0.6) is 0 Å². The number of nitrogens with zero attached hydrogens (tertiary/aromatic N) is 3. The van der Waals surface area contributed by atoms with Crippen molar-refractivity contribution in [2.24, 2.45) is 11.3 Å². The van der Waals surface area contributed by atoms with Gasteiger partial charge in [0.15, 0.2) is 0 Å². The van der Waals surface area contributed by atoms with E-state index in [9.17, 15) is 49.8 Å². The highest BCUT2D eigenvalue weighted by Crippen LogP contribution is 2.47. The van der Waals surface area contributed by atoms with Crippen LogP contribution in [0.3, 0.4) is 0 Å². The van der Waals surface area contributed by atoms with Crippen LogP contribution in [-0.4, -0.2) is 88.8 Å². The summed E-state index contributed by atoms with van der Waals surface area (Å²) in [6.45, 7) is 0.0698. The SMILES string of the molecule is CC1CCN(Cc2cnc(-c3cccc4c(C[C@H](NC(=O)C5(C(F)(F)F)CCN(CC(F)(F)F)CC5)C(=O)O)cccc34)c3ccccc23)CCC1(F)F. The van der Waals surface area contributed by atoms with Gasteiger partial charge in [-0.1, -0.05) is 67.6 Å². The molecule has 15 heteroatoms. The Bertz CT molecular complexity index is 2010. The third kappa shape index (κ3) is 8.16. The normalized spacial score (nSPS) is 20.4. The van der Waals surface area contributed by atoms with Gasteiger partial charge in [-0.15, -0.1) is 0 Å². The Balaban J connectivity index is 1.27. The first-order valence-corrected chi connectivity index (χ1v) is 17.8. The van der Waals surface area contributed by atoms with Gasteiger partial charge >= 0.3 is 18.3 Å². The lowest BCUT2D eigenvalue weighted by atomic mass is 9.76. The number of aromatic nitrogens is 1. The second-order valence-corrected chi connectivity index (χ2v) is 14.5. The zero-order valence-electron chi connectivity index (χ0n) is 29.4. The number of fused-ring (bicyclic) bond motifs is 2. The molecule has 3 heterocycles. The van der Waals surface area contributed by atoms with Crippen LogP contribution in [0, 0.1) is 11.3 Å². The van der Waals surface area contributed by atoms with E-state index in [1.54, 1.807) is 43.5 Å². The summed E-state index contributed by atoms with van der Waals surface area (Å²) in [5.41, 5.74) is -0.449.